The number of ether oxygens (including phenoxy) is 2. The Labute approximate surface area is 225 Å². The predicted molar refractivity (Wildman–Crippen MR) is 150 cm³/mol. The number of hydrogen-bond donors (Lipinski definition) is 2. The highest BCUT2D eigenvalue weighted by atomic mass is 32.1. The number of quaternary nitrogens is 1. The summed E-state index contributed by atoms with van der Waals surface area (Å²) in [5.41, 5.74) is 1.50. The second-order valence-electron chi connectivity index (χ2n) is 9.36. The summed E-state index contributed by atoms with van der Waals surface area (Å²) < 4.78 is 10.8. The van der Waals surface area contributed by atoms with Crippen molar-refractivity contribution in [3.63, 3.8) is 0 Å². The SMILES string of the molecule is CCCC(C)(C)C(=O)Nc1cccc([N+](COCCOC)(OCC)C(=S)Cc2ccccc2C(=O)O)c1. The lowest BCUT2D eigenvalue weighted by atomic mass is 9.87. The first kappa shape index (κ1) is 30.5. The van der Waals surface area contributed by atoms with Gasteiger partial charge < -0.3 is 19.9 Å². The third-order valence-electron chi connectivity index (χ3n) is 6.06. The summed E-state index contributed by atoms with van der Waals surface area (Å²) in [5, 5.41) is 12.7. The Bertz CT molecular complexity index is 1070. The quantitative estimate of drug-likeness (QED) is 0.102. The zero-order valence-corrected chi connectivity index (χ0v) is 23.2. The van der Waals surface area contributed by atoms with Crippen LogP contribution in [0.3, 0.4) is 0 Å². The van der Waals surface area contributed by atoms with Crippen molar-refractivity contribution in [2.75, 3.05) is 39.0 Å². The second kappa shape index (κ2) is 14.3. The van der Waals surface area contributed by atoms with Crippen molar-refractivity contribution >= 4 is 40.5 Å². The average Bonchev–Trinajstić information content (AvgIpc) is 2.86. The van der Waals surface area contributed by atoms with Crippen molar-refractivity contribution in [3.05, 3.63) is 59.7 Å². The highest BCUT2D eigenvalue weighted by molar-refractivity contribution is 7.80. The molecular weight excluding hydrogens is 492 g/mol. The Balaban J connectivity index is 2.50. The number of rotatable bonds is 15. The molecule has 2 aromatic rings. The number of carbonyl (C=O) groups is 2. The Kier molecular flexibility index (Phi) is 11.8. The molecule has 0 aliphatic carbocycles. The molecule has 0 saturated heterocycles. The minimum absolute atomic E-state index is 0.0456. The van der Waals surface area contributed by atoms with Gasteiger partial charge in [0.2, 0.25) is 17.6 Å². The van der Waals surface area contributed by atoms with Gasteiger partial charge in [0.15, 0.2) is 5.69 Å². The summed E-state index contributed by atoms with van der Waals surface area (Å²) in [5.74, 6) is -1.10. The van der Waals surface area contributed by atoms with Gasteiger partial charge >= 0.3 is 5.97 Å². The number of nitrogens with one attached hydrogen (secondary N) is 1. The predicted octanol–water partition coefficient (Wildman–Crippen LogP) is 5.60. The van der Waals surface area contributed by atoms with Crippen LogP contribution in [0.4, 0.5) is 11.4 Å². The molecule has 2 aromatic carbocycles. The summed E-state index contributed by atoms with van der Waals surface area (Å²) in [6.07, 6.45) is 1.83. The molecule has 1 unspecified atom stereocenters. The maximum atomic E-state index is 13.0. The fourth-order valence-electron chi connectivity index (χ4n) is 4.05. The van der Waals surface area contributed by atoms with Crippen LogP contribution < -0.4 is 9.96 Å². The number of amides is 1. The molecule has 2 rings (SSSR count). The normalized spacial score (nSPS) is 13.1. The summed E-state index contributed by atoms with van der Waals surface area (Å²) >= 11 is 5.92. The molecule has 0 fully saturated rings. The van der Waals surface area contributed by atoms with Crippen molar-refractivity contribution in [2.24, 2.45) is 5.41 Å². The van der Waals surface area contributed by atoms with Crippen LogP contribution in [-0.2, 0) is 25.5 Å². The van der Waals surface area contributed by atoms with E-state index in [4.69, 9.17) is 26.5 Å². The summed E-state index contributed by atoms with van der Waals surface area (Å²) in [4.78, 5) is 31.5. The fraction of sp³-hybridized carbons (Fsp3) is 0.464. The number of aromatic carboxylic acids is 1. The number of carboxylic acids is 1. The summed E-state index contributed by atoms with van der Waals surface area (Å²) in [7, 11) is 1.59. The molecule has 0 aliphatic heterocycles. The molecule has 9 heteroatoms. The Morgan fingerprint density at radius 2 is 1.81 bits per heavy atom. The van der Waals surface area contributed by atoms with E-state index in [-0.39, 0.29) is 29.3 Å². The standard InChI is InChI=1S/C28H38N2O6S/c1-6-15-28(3,4)27(33)29-22-12-10-13-23(19-22)30(36-7-2,20-35-17-16-34-5)25(37)18-21-11-8-9-14-24(21)26(31)32/h8-14,19H,6-7,15-18,20H2,1-5H3,(H-,29,31,32,33)/p+1. The molecule has 2 N–H and O–H groups in total. The number of carbonyl (C=O) groups excluding carboxylic acids is 1. The monoisotopic (exact) mass is 531 g/mol. The van der Waals surface area contributed by atoms with E-state index in [2.05, 4.69) is 12.2 Å². The Morgan fingerprint density at radius 1 is 1.08 bits per heavy atom. The van der Waals surface area contributed by atoms with Crippen LogP contribution in [-0.4, -0.2) is 55.6 Å². The first-order valence-electron chi connectivity index (χ1n) is 12.5. The Morgan fingerprint density at radius 3 is 2.46 bits per heavy atom. The van der Waals surface area contributed by atoms with E-state index in [1.54, 1.807) is 31.4 Å². The van der Waals surface area contributed by atoms with Gasteiger partial charge in [0.05, 0.1) is 25.2 Å². The number of thiocarbonyl (C=S) groups is 1. The lowest BCUT2D eigenvalue weighted by Gasteiger charge is -2.34. The first-order valence-corrected chi connectivity index (χ1v) is 12.9. The number of carboxylic acid groups (broad SMARTS) is 1. The van der Waals surface area contributed by atoms with Gasteiger partial charge in [-0.15, -0.1) is 0 Å². The van der Waals surface area contributed by atoms with E-state index in [9.17, 15) is 14.7 Å². The minimum Gasteiger partial charge on any atom is -0.478 e. The van der Waals surface area contributed by atoms with E-state index < -0.39 is 11.4 Å². The van der Waals surface area contributed by atoms with Crippen molar-refractivity contribution in [1.82, 2.24) is 4.65 Å². The van der Waals surface area contributed by atoms with Crippen LogP contribution in [0.15, 0.2) is 48.5 Å². The van der Waals surface area contributed by atoms with Crippen molar-refractivity contribution in [1.29, 1.82) is 0 Å². The van der Waals surface area contributed by atoms with E-state index in [1.165, 1.54) is 0 Å². The summed E-state index contributed by atoms with van der Waals surface area (Å²) in [6, 6.07) is 14.1. The molecule has 202 valence electrons. The van der Waals surface area contributed by atoms with Crippen LogP contribution in [0.25, 0.3) is 0 Å². The zero-order chi connectivity index (χ0) is 27.5. The first-order chi connectivity index (χ1) is 17.6. The van der Waals surface area contributed by atoms with Gasteiger partial charge in [-0.05, 0) is 43.3 Å². The van der Waals surface area contributed by atoms with Crippen LogP contribution in [0.1, 0.15) is 56.5 Å². The molecule has 8 nitrogen and oxygen atoms in total. The van der Waals surface area contributed by atoms with E-state index in [0.29, 0.717) is 41.7 Å². The zero-order valence-electron chi connectivity index (χ0n) is 22.4. The molecular formula is C28H39N2O6S+. The average molecular weight is 532 g/mol. The number of nitrogens with zero attached hydrogens (tertiary/aromatic N) is 1. The number of anilines is 1. The van der Waals surface area contributed by atoms with Crippen molar-refractivity contribution < 1.29 is 29.0 Å². The lowest BCUT2D eigenvalue weighted by molar-refractivity contribution is -0.145. The van der Waals surface area contributed by atoms with Gasteiger partial charge in [0.1, 0.15) is 6.61 Å². The highest BCUT2D eigenvalue weighted by Gasteiger charge is 2.40. The van der Waals surface area contributed by atoms with Crippen molar-refractivity contribution in [2.45, 2.75) is 47.0 Å². The largest absolute Gasteiger partial charge is 0.478 e. The van der Waals surface area contributed by atoms with Crippen LogP contribution in [0.5, 0.6) is 0 Å². The molecule has 0 spiro atoms. The van der Waals surface area contributed by atoms with Gasteiger partial charge in [0, 0.05) is 30.3 Å². The third-order valence-corrected chi connectivity index (χ3v) is 6.50. The molecule has 0 aliphatic rings. The number of hydrogen-bond acceptors (Lipinski definition) is 6. The molecule has 37 heavy (non-hydrogen) atoms. The molecule has 0 radical (unpaired) electrons. The number of benzene rings is 2. The van der Waals surface area contributed by atoms with E-state index in [1.807, 2.05) is 45.0 Å². The van der Waals surface area contributed by atoms with Crippen LogP contribution in [0.2, 0.25) is 0 Å². The summed E-state index contributed by atoms with van der Waals surface area (Å²) in [6.45, 7) is 8.83. The minimum atomic E-state index is -1.02. The van der Waals surface area contributed by atoms with E-state index >= 15 is 0 Å². The van der Waals surface area contributed by atoms with Crippen LogP contribution in [0, 0.1) is 5.41 Å². The smallest absolute Gasteiger partial charge is 0.335 e. The van der Waals surface area contributed by atoms with E-state index in [0.717, 1.165) is 12.8 Å². The molecule has 1 atom stereocenters. The number of hydroxylamine groups is 2. The van der Waals surface area contributed by atoms with Gasteiger partial charge in [-0.3, -0.25) is 4.79 Å². The highest BCUT2D eigenvalue weighted by Crippen LogP contribution is 2.31. The maximum Gasteiger partial charge on any atom is 0.335 e. The fourth-order valence-corrected chi connectivity index (χ4v) is 4.42. The van der Waals surface area contributed by atoms with Gasteiger partial charge in [-0.25, -0.2) is 4.79 Å². The molecule has 1 amide bonds. The van der Waals surface area contributed by atoms with Gasteiger partial charge in [-0.2, -0.15) is 4.84 Å². The third kappa shape index (κ3) is 8.15. The Hall–Kier alpha value is -2.69. The molecule has 0 aromatic heterocycles. The topological polar surface area (TPSA) is 94.1 Å². The maximum absolute atomic E-state index is 13.0. The number of methoxy groups -OCH3 is 1. The molecule has 0 saturated carbocycles. The molecule has 0 bridgehead atoms. The lowest BCUT2D eigenvalue weighted by Crippen LogP contribution is -2.55. The second-order valence-corrected chi connectivity index (χ2v) is 9.83. The van der Waals surface area contributed by atoms with Gasteiger partial charge in [0.25, 0.3) is 0 Å². The van der Waals surface area contributed by atoms with Crippen molar-refractivity contribution in [3.8, 4) is 0 Å². The van der Waals surface area contributed by atoms with Crippen LogP contribution >= 0.6 is 12.2 Å². The molecule has 0 heterocycles. The van der Waals surface area contributed by atoms with Gasteiger partial charge in [-0.1, -0.05) is 56.1 Å².